The summed E-state index contributed by atoms with van der Waals surface area (Å²) >= 11 is 0. The molecule has 84 valence electrons. The van der Waals surface area contributed by atoms with Crippen LogP contribution in [0.15, 0.2) is 30.6 Å². The fraction of sp³-hybridized carbons (Fsp3) is 0.167. The predicted molar refractivity (Wildman–Crippen MR) is 64.3 cm³/mol. The van der Waals surface area contributed by atoms with Crippen molar-refractivity contribution < 1.29 is 0 Å². The molecule has 0 aliphatic heterocycles. The van der Waals surface area contributed by atoms with Crippen molar-refractivity contribution in [3.8, 4) is 11.4 Å². The van der Waals surface area contributed by atoms with Crippen LogP contribution in [0.5, 0.6) is 0 Å². The molecule has 0 amide bonds. The third kappa shape index (κ3) is 1.65. The summed E-state index contributed by atoms with van der Waals surface area (Å²) in [6.07, 6.45) is 4.11. The van der Waals surface area contributed by atoms with Gasteiger partial charge in [0.25, 0.3) is 0 Å². The van der Waals surface area contributed by atoms with Gasteiger partial charge in [0, 0.05) is 17.1 Å². The molecule has 2 heterocycles. The predicted octanol–water partition coefficient (Wildman–Crippen LogP) is 1.98. The van der Waals surface area contributed by atoms with E-state index in [9.17, 15) is 0 Å². The molecule has 0 bridgehead atoms. The number of aromatic nitrogens is 5. The first-order valence-electron chi connectivity index (χ1n) is 5.49. The maximum absolute atomic E-state index is 4.27. The van der Waals surface area contributed by atoms with Gasteiger partial charge in [-0.2, -0.15) is 10.2 Å². The second-order valence-corrected chi connectivity index (χ2v) is 3.75. The minimum atomic E-state index is 0.637. The van der Waals surface area contributed by atoms with Gasteiger partial charge in [0.1, 0.15) is 0 Å². The topological polar surface area (TPSA) is 67.3 Å². The van der Waals surface area contributed by atoms with E-state index in [0.29, 0.717) is 5.82 Å². The lowest BCUT2D eigenvalue weighted by atomic mass is 10.1. The Labute approximate surface area is 97.9 Å². The van der Waals surface area contributed by atoms with Crippen LogP contribution in [0.25, 0.3) is 22.3 Å². The molecule has 1 N–H and O–H groups in total. The number of rotatable bonds is 2. The van der Waals surface area contributed by atoms with Crippen LogP contribution in [0.4, 0.5) is 0 Å². The van der Waals surface area contributed by atoms with Gasteiger partial charge in [-0.3, -0.25) is 5.10 Å². The number of nitrogens with zero attached hydrogens (tertiary/aromatic N) is 4. The third-order valence-electron chi connectivity index (χ3n) is 2.72. The summed E-state index contributed by atoms with van der Waals surface area (Å²) in [4.78, 5) is 4.19. The highest BCUT2D eigenvalue weighted by Gasteiger charge is 2.07. The molecule has 0 unspecified atom stereocenters. The average Bonchev–Trinajstić information content (AvgIpc) is 2.81. The normalized spacial score (nSPS) is 10.9. The van der Waals surface area contributed by atoms with Gasteiger partial charge >= 0.3 is 0 Å². The molecule has 3 rings (SSSR count). The van der Waals surface area contributed by atoms with Crippen molar-refractivity contribution in [1.82, 2.24) is 25.4 Å². The highest BCUT2D eigenvalue weighted by atomic mass is 15.1. The summed E-state index contributed by atoms with van der Waals surface area (Å²) in [6.45, 7) is 2.09. The maximum atomic E-state index is 4.27. The van der Waals surface area contributed by atoms with E-state index < -0.39 is 0 Å². The molecule has 2 aromatic heterocycles. The van der Waals surface area contributed by atoms with Gasteiger partial charge in [-0.1, -0.05) is 6.92 Å². The van der Waals surface area contributed by atoms with Crippen LogP contribution < -0.4 is 0 Å². The van der Waals surface area contributed by atoms with E-state index in [1.165, 1.54) is 0 Å². The molecule has 0 radical (unpaired) electrons. The van der Waals surface area contributed by atoms with Gasteiger partial charge in [-0.15, -0.1) is 5.10 Å². The molecule has 5 nitrogen and oxygen atoms in total. The van der Waals surface area contributed by atoms with E-state index in [4.69, 9.17) is 0 Å². The molecule has 1 aromatic carbocycles. The van der Waals surface area contributed by atoms with E-state index in [1.807, 2.05) is 12.1 Å². The lowest BCUT2D eigenvalue weighted by molar-refractivity contribution is 0.980. The molecule has 17 heavy (non-hydrogen) atoms. The Balaban J connectivity index is 2.19. The molecule has 0 atom stereocenters. The number of hydrogen-bond donors (Lipinski definition) is 1. The van der Waals surface area contributed by atoms with Gasteiger partial charge in [0.2, 0.25) is 0 Å². The van der Waals surface area contributed by atoms with E-state index in [-0.39, 0.29) is 0 Å². The summed E-state index contributed by atoms with van der Waals surface area (Å²) in [5.41, 5.74) is 3.06. The standard InChI is InChI=1S/C12H11N5/c1-2-10-9-7-8(3-4-11(9)16-15-10)12-13-5-6-14-17-12/h3-7H,2H2,1H3,(H,15,16). The Morgan fingerprint density at radius 2 is 2.18 bits per heavy atom. The SMILES string of the molecule is CCc1n[nH]c2ccc(-c3nccnn3)cc12. The fourth-order valence-corrected chi connectivity index (χ4v) is 1.86. The molecule has 0 fully saturated rings. The summed E-state index contributed by atoms with van der Waals surface area (Å²) in [5.74, 6) is 0.637. The Hall–Kier alpha value is -2.30. The first-order chi connectivity index (χ1) is 8.38. The van der Waals surface area contributed by atoms with Gasteiger partial charge in [-0.25, -0.2) is 4.98 Å². The smallest absolute Gasteiger partial charge is 0.181 e. The average molecular weight is 225 g/mol. The van der Waals surface area contributed by atoms with Crippen molar-refractivity contribution in [2.45, 2.75) is 13.3 Å². The molecule has 5 heteroatoms. The highest BCUT2D eigenvalue weighted by Crippen LogP contribution is 2.22. The quantitative estimate of drug-likeness (QED) is 0.724. The number of H-pyrrole nitrogens is 1. The lowest BCUT2D eigenvalue weighted by Gasteiger charge is -1.99. The zero-order valence-corrected chi connectivity index (χ0v) is 9.38. The fourth-order valence-electron chi connectivity index (χ4n) is 1.86. The van der Waals surface area contributed by atoms with E-state index in [2.05, 4.69) is 38.4 Å². The first-order valence-corrected chi connectivity index (χ1v) is 5.49. The van der Waals surface area contributed by atoms with Crippen LogP contribution in [-0.4, -0.2) is 25.4 Å². The Bertz CT molecular complexity index is 644. The number of aryl methyl sites for hydroxylation is 1. The van der Waals surface area contributed by atoms with Crippen LogP contribution in [0, 0.1) is 0 Å². The van der Waals surface area contributed by atoms with Crippen LogP contribution in [0.3, 0.4) is 0 Å². The molecular formula is C12H11N5. The van der Waals surface area contributed by atoms with Crippen molar-refractivity contribution in [2.75, 3.05) is 0 Å². The van der Waals surface area contributed by atoms with Gasteiger partial charge < -0.3 is 0 Å². The van der Waals surface area contributed by atoms with Crippen molar-refractivity contribution in [3.63, 3.8) is 0 Å². The Morgan fingerprint density at radius 3 is 2.94 bits per heavy atom. The second kappa shape index (κ2) is 3.93. The van der Waals surface area contributed by atoms with Gasteiger partial charge in [-0.05, 0) is 24.6 Å². The van der Waals surface area contributed by atoms with E-state index >= 15 is 0 Å². The number of hydrogen-bond acceptors (Lipinski definition) is 4. The number of aromatic amines is 1. The van der Waals surface area contributed by atoms with Crippen molar-refractivity contribution in [3.05, 3.63) is 36.3 Å². The molecule has 0 saturated heterocycles. The summed E-state index contributed by atoms with van der Waals surface area (Å²) in [5, 5.41) is 16.2. The number of benzene rings is 1. The molecule has 0 saturated carbocycles. The zero-order chi connectivity index (χ0) is 11.7. The minimum absolute atomic E-state index is 0.637. The van der Waals surface area contributed by atoms with Crippen LogP contribution >= 0.6 is 0 Å². The monoisotopic (exact) mass is 225 g/mol. The van der Waals surface area contributed by atoms with Gasteiger partial charge in [0.05, 0.1) is 17.4 Å². The van der Waals surface area contributed by atoms with Crippen molar-refractivity contribution >= 4 is 10.9 Å². The Kier molecular flexibility index (Phi) is 2.29. The summed E-state index contributed by atoms with van der Waals surface area (Å²) < 4.78 is 0. The Morgan fingerprint density at radius 1 is 1.24 bits per heavy atom. The third-order valence-corrected chi connectivity index (χ3v) is 2.72. The number of nitrogens with one attached hydrogen (secondary N) is 1. The molecule has 0 aliphatic rings. The van der Waals surface area contributed by atoms with Crippen LogP contribution in [-0.2, 0) is 6.42 Å². The van der Waals surface area contributed by atoms with E-state index in [1.54, 1.807) is 12.4 Å². The van der Waals surface area contributed by atoms with Crippen molar-refractivity contribution in [1.29, 1.82) is 0 Å². The highest BCUT2D eigenvalue weighted by molar-refractivity contribution is 5.85. The van der Waals surface area contributed by atoms with Gasteiger partial charge in [0.15, 0.2) is 5.82 Å². The van der Waals surface area contributed by atoms with Crippen molar-refractivity contribution in [2.24, 2.45) is 0 Å². The molecule has 3 aromatic rings. The van der Waals surface area contributed by atoms with Crippen LogP contribution in [0.1, 0.15) is 12.6 Å². The van der Waals surface area contributed by atoms with Crippen LogP contribution in [0.2, 0.25) is 0 Å². The summed E-state index contributed by atoms with van der Waals surface area (Å²) in [7, 11) is 0. The number of fused-ring (bicyclic) bond motifs is 1. The first kappa shape index (κ1) is 9.89. The minimum Gasteiger partial charge on any atom is -0.278 e. The summed E-state index contributed by atoms with van der Waals surface area (Å²) in [6, 6.07) is 6.01. The maximum Gasteiger partial charge on any atom is 0.181 e. The van der Waals surface area contributed by atoms with E-state index in [0.717, 1.165) is 28.6 Å². The zero-order valence-electron chi connectivity index (χ0n) is 9.38. The molecular weight excluding hydrogens is 214 g/mol. The molecule has 0 spiro atoms. The molecule has 0 aliphatic carbocycles. The largest absolute Gasteiger partial charge is 0.278 e. The lowest BCUT2D eigenvalue weighted by Crippen LogP contribution is -1.90. The second-order valence-electron chi connectivity index (χ2n) is 3.75.